The summed E-state index contributed by atoms with van der Waals surface area (Å²) < 4.78 is 28.5. The normalized spacial score (nSPS) is 25.0. The molecular weight excluding hydrogens is 400 g/mol. The topological polar surface area (TPSA) is 133 Å². The Kier molecular flexibility index (Phi) is 5.91. The quantitative estimate of drug-likeness (QED) is 0.704. The Morgan fingerprint density at radius 2 is 1.90 bits per heavy atom. The summed E-state index contributed by atoms with van der Waals surface area (Å²) in [7, 11) is -3.12. The van der Waals surface area contributed by atoms with Gasteiger partial charge in [-0.05, 0) is 6.42 Å². The van der Waals surface area contributed by atoms with Crippen LogP contribution in [0.1, 0.15) is 39.4 Å². The number of amides is 3. The molecule has 3 amide bonds. The molecule has 29 heavy (non-hydrogen) atoms. The van der Waals surface area contributed by atoms with Gasteiger partial charge in [0.25, 0.3) is 0 Å². The number of aromatic nitrogens is 1. The predicted molar refractivity (Wildman–Crippen MR) is 105 cm³/mol. The van der Waals surface area contributed by atoms with Crippen molar-refractivity contribution < 1.29 is 27.6 Å². The number of piperidine rings is 1. The number of aliphatic hydroxyl groups excluding tert-OH is 1. The molecule has 11 heteroatoms. The summed E-state index contributed by atoms with van der Waals surface area (Å²) in [4.78, 5) is 28.7. The number of likely N-dealkylation sites (tertiary alicyclic amines) is 1. The highest BCUT2D eigenvalue weighted by Crippen LogP contribution is 2.26. The maximum absolute atomic E-state index is 12.9. The lowest BCUT2D eigenvalue weighted by molar-refractivity contribution is -0.123. The van der Waals surface area contributed by atoms with E-state index in [2.05, 4.69) is 10.5 Å². The van der Waals surface area contributed by atoms with E-state index in [0.717, 1.165) is 0 Å². The van der Waals surface area contributed by atoms with E-state index in [1.165, 1.54) is 9.80 Å². The molecule has 0 bridgehead atoms. The Balaban J connectivity index is 1.71. The highest BCUT2D eigenvalue weighted by molar-refractivity contribution is 7.91. The van der Waals surface area contributed by atoms with Crippen LogP contribution in [0.3, 0.4) is 0 Å². The summed E-state index contributed by atoms with van der Waals surface area (Å²) in [5.41, 5.74) is -0.270. The highest BCUT2D eigenvalue weighted by atomic mass is 32.2. The molecule has 2 aliphatic rings. The van der Waals surface area contributed by atoms with E-state index in [1.54, 1.807) is 6.07 Å². The number of hydrogen-bond donors (Lipinski definition) is 2. The lowest BCUT2D eigenvalue weighted by Gasteiger charge is -2.40. The Morgan fingerprint density at radius 3 is 2.48 bits per heavy atom. The van der Waals surface area contributed by atoms with E-state index in [0.29, 0.717) is 12.2 Å². The molecule has 2 atom stereocenters. The van der Waals surface area contributed by atoms with Crippen LogP contribution in [-0.4, -0.2) is 83.7 Å². The average Bonchev–Trinajstić information content (AvgIpc) is 3.10. The maximum atomic E-state index is 12.9. The molecule has 0 radical (unpaired) electrons. The molecule has 10 nitrogen and oxygen atoms in total. The van der Waals surface area contributed by atoms with E-state index in [-0.39, 0.29) is 54.8 Å². The predicted octanol–water partition coefficient (Wildman–Crippen LogP) is 0.586. The molecule has 2 N–H and O–H groups in total. The van der Waals surface area contributed by atoms with Crippen LogP contribution >= 0.6 is 0 Å². The first kappa shape index (κ1) is 21.6. The summed E-state index contributed by atoms with van der Waals surface area (Å²) in [5.74, 6) is 0.229. The van der Waals surface area contributed by atoms with Gasteiger partial charge in [-0.2, -0.15) is 0 Å². The highest BCUT2D eigenvalue weighted by Gasteiger charge is 2.39. The van der Waals surface area contributed by atoms with Crippen LogP contribution in [0.5, 0.6) is 0 Å². The molecule has 2 aliphatic heterocycles. The van der Waals surface area contributed by atoms with Gasteiger partial charge in [0.15, 0.2) is 15.7 Å². The molecule has 1 aromatic heterocycles. The second-order valence-corrected chi connectivity index (χ2v) is 10.9. The van der Waals surface area contributed by atoms with Crippen LogP contribution < -0.4 is 5.32 Å². The van der Waals surface area contributed by atoms with Gasteiger partial charge in [0, 0.05) is 37.5 Å². The first-order chi connectivity index (χ1) is 13.5. The molecule has 0 aromatic carbocycles. The Morgan fingerprint density at radius 1 is 1.24 bits per heavy atom. The summed E-state index contributed by atoms with van der Waals surface area (Å²) in [6.07, 6.45) is -0.230. The van der Waals surface area contributed by atoms with Gasteiger partial charge in [0.1, 0.15) is 11.8 Å². The van der Waals surface area contributed by atoms with Crippen molar-refractivity contribution in [3.8, 4) is 0 Å². The minimum absolute atomic E-state index is 0.0828. The van der Waals surface area contributed by atoms with Gasteiger partial charge >= 0.3 is 6.03 Å². The number of aliphatic hydroxyl groups is 1. The van der Waals surface area contributed by atoms with Crippen LogP contribution in [0.25, 0.3) is 0 Å². The molecule has 3 heterocycles. The molecule has 0 saturated carbocycles. The van der Waals surface area contributed by atoms with E-state index >= 15 is 0 Å². The summed E-state index contributed by atoms with van der Waals surface area (Å²) in [6, 6.07) is 0.376. The molecule has 1 aromatic rings. The third kappa shape index (κ3) is 5.08. The zero-order valence-corrected chi connectivity index (χ0v) is 17.7. The number of sulfone groups is 1. The van der Waals surface area contributed by atoms with Crippen LogP contribution in [-0.2, 0) is 20.0 Å². The monoisotopic (exact) mass is 428 g/mol. The van der Waals surface area contributed by atoms with Gasteiger partial charge in [0.05, 0.1) is 17.6 Å². The number of rotatable bonds is 2. The molecular formula is C18H28N4O6S. The van der Waals surface area contributed by atoms with Crippen LogP contribution in [0.4, 0.5) is 10.6 Å². The van der Waals surface area contributed by atoms with Crippen molar-refractivity contribution in [2.24, 2.45) is 0 Å². The lowest BCUT2D eigenvalue weighted by atomic mass is 9.93. The molecule has 1 unspecified atom stereocenters. The van der Waals surface area contributed by atoms with Crippen molar-refractivity contribution in [2.75, 3.05) is 36.5 Å². The standard InChI is InChI=1S/C18H28N4O6S/c1-18(2,3)14-11-15(20-28-14)19-16(24)13-10-12(23)4-5-22(13)17(25)21-6-8-29(26,27)9-7-21/h11-13,23H,4-10H2,1-3H3,(H,19,20,24)/t12-,13?/m0/s1. The van der Waals surface area contributed by atoms with E-state index in [9.17, 15) is 23.1 Å². The van der Waals surface area contributed by atoms with Gasteiger partial charge < -0.3 is 24.7 Å². The summed E-state index contributed by atoms with van der Waals surface area (Å²) >= 11 is 0. The summed E-state index contributed by atoms with van der Waals surface area (Å²) in [5, 5.41) is 16.6. The summed E-state index contributed by atoms with van der Waals surface area (Å²) in [6.45, 7) is 6.29. The van der Waals surface area contributed by atoms with Gasteiger partial charge in [-0.25, -0.2) is 13.2 Å². The van der Waals surface area contributed by atoms with Gasteiger partial charge in [0.2, 0.25) is 5.91 Å². The number of carbonyl (C=O) groups is 2. The number of hydrogen-bond acceptors (Lipinski definition) is 7. The van der Waals surface area contributed by atoms with Crippen molar-refractivity contribution >= 4 is 27.6 Å². The Labute approximate surface area is 170 Å². The fraction of sp³-hybridized carbons (Fsp3) is 0.722. The van der Waals surface area contributed by atoms with Crippen molar-refractivity contribution in [3.63, 3.8) is 0 Å². The van der Waals surface area contributed by atoms with Crippen LogP contribution in [0, 0.1) is 0 Å². The first-order valence-corrected chi connectivity index (χ1v) is 11.5. The van der Waals surface area contributed by atoms with Gasteiger partial charge in [-0.3, -0.25) is 4.79 Å². The second-order valence-electron chi connectivity index (χ2n) is 8.62. The van der Waals surface area contributed by atoms with Gasteiger partial charge in [-0.15, -0.1) is 0 Å². The number of anilines is 1. The second kappa shape index (κ2) is 7.94. The van der Waals surface area contributed by atoms with E-state index in [4.69, 9.17) is 4.52 Å². The zero-order valence-electron chi connectivity index (χ0n) is 16.9. The lowest BCUT2D eigenvalue weighted by Crippen LogP contribution is -2.58. The smallest absolute Gasteiger partial charge is 0.320 e. The van der Waals surface area contributed by atoms with Crippen LogP contribution in [0.15, 0.2) is 10.6 Å². The molecule has 0 aliphatic carbocycles. The molecule has 162 valence electrons. The van der Waals surface area contributed by atoms with E-state index < -0.39 is 27.9 Å². The Bertz CT molecular complexity index is 861. The molecule has 2 saturated heterocycles. The largest absolute Gasteiger partial charge is 0.393 e. The number of nitrogens with zero attached hydrogens (tertiary/aromatic N) is 3. The first-order valence-electron chi connectivity index (χ1n) is 9.68. The molecule has 3 rings (SSSR count). The third-order valence-electron chi connectivity index (χ3n) is 5.24. The van der Waals surface area contributed by atoms with Crippen molar-refractivity contribution in [1.82, 2.24) is 15.0 Å². The van der Waals surface area contributed by atoms with E-state index in [1.807, 2.05) is 20.8 Å². The average molecular weight is 429 g/mol. The van der Waals surface area contributed by atoms with Crippen LogP contribution in [0.2, 0.25) is 0 Å². The van der Waals surface area contributed by atoms with Crippen molar-refractivity contribution in [1.29, 1.82) is 0 Å². The van der Waals surface area contributed by atoms with Crippen molar-refractivity contribution in [3.05, 3.63) is 11.8 Å². The fourth-order valence-electron chi connectivity index (χ4n) is 3.41. The van der Waals surface area contributed by atoms with Gasteiger partial charge in [-0.1, -0.05) is 25.9 Å². The SMILES string of the molecule is CC(C)(C)c1cc(NC(=O)C2C[C@@H](O)CCN2C(=O)N2CCS(=O)(=O)CC2)no1. The molecule has 0 spiro atoms. The zero-order chi connectivity index (χ0) is 21.4. The third-order valence-corrected chi connectivity index (χ3v) is 6.85. The molecule has 2 fully saturated rings. The fourth-order valence-corrected chi connectivity index (χ4v) is 4.61. The van der Waals surface area contributed by atoms with Crippen molar-refractivity contribution in [2.45, 2.75) is 51.2 Å². The Hall–Kier alpha value is -2.14. The number of carbonyl (C=O) groups excluding carboxylic acids is 2. The number of urea groups is 1. The maximum Gasteiger partial charge on any atom is 0.320 e. The number of nitrogens with one attached hydrogen (secondary N) is 1. The minimum Gasteiger partial charge on any atom is -0.393 e. The minimum atomic E-state index is -3.12.